The standard InChI is InChI=1S/C12H9Cl2N3O/c13-8-4-1-5-9(10(8)14)18-12-7(11(15)16)3-2-6-17-12/h1-6H,(H3,15,16). The molecule has 2 rings (SSSR count). The van der Waals surface area contributed by atoms with Gasteiger partial charge in [-0.2, -0.15) is 0 Å². The summed E-state index contributed by atoms with van der Waals surface area (Å²) < 4.78 is 5.53. The summed E-state index contributed by atoms with van der Waals surface area (Å²) in [5.41, 5.74) is 5.84. The van der Waals surface area contributed by atoms with E-state index in [2.05, 4.69) is 4.98 Å². The van der Waals surface area contributed by atoms with Gasteiger partial charge in [-0.3, -0.25) is 5.41 Å². The fourth-order valence-electron chi connectivity index (χ4n) is 1.34. The Morgan fingerprint density at radius 1 is 1.22 bits per heavy atom. The molecule has 0 saturated carbocycles. The van der Waals surface area contributed by atoms with E-state index in [4.69, 9.17) is 39.1 Å². The van der Waals surface area contributed by atoms with Crippen LogP contribution in [0.5, 0.6) is 11.6 Å². The number of rotatable bonds is 3. The molecule has 18 heavy (non-hydrogen) atoms. The number of nitrogens with one attached hydrogen (secondary N) is 1. The Hall–Kier alpha value is -1.78. The Labute approximate surface area is 114 Å². The van der Waals surface area contributed by atoms with Crippen LogP contribution in [0.3, 0.4) is 0 Å². The Morgan fingerprint density at radius 2 is 2.00 bits per heavy atom. The van der Waals surface area contributed by atoms with Crippen LogP contribution in [-0.4, -0.2) is 10.8 Å². The molecule has 1 heterocycles. The lowest BCUT2D eigenvalue weighted by Crippen LogP contribution is -2.12. The van der Waals surface area contributed by atoms with Gasteiger partial charge in [0.2, 0.25) is 5.88 Å². The molecular weight excluding hydrogens is 273 g/mol. The van der Waals surface area contributed by atoms with E-state index < -0.39 is 0 Å². The SMILES string of the molecule is N=C(N)c1cccnc1Oc1cccc(Cl)c1Cl. The molecule has 2 aromatic rings. The maximum absolute atomic E-state index is 7.44. The molecule has 1 aromatic carbocycles. The molecule has 0 radical (unpaired) electrons. The van der Waals surface area contributed by atoms with Crippen LogP contribution in [0.25, 0.3) is 0 Å². The molecule has 0 aliphatic heterocycles. The van der Waals surface area contributed by atoms with Crippen molar-refractivity contribution in [3.05, 3.63) is 52.1 Å². The Morgan fingerprint density at radius 3 is 2.72 bits per heavy atom. The number of benzene rings is 1. The number of hydrogen-bond acceptors (Lipinski definition) is 3. The number of nitrogens with two attached hydrogens (primary N) is 1. The van der Waals surface area contributed by atoms with E-state index in [0.29, 0.717) is 21.4 Å². The number of pyridine rings is 1. The van der Waals surface area contributed by atoms with Gasteiger partial charge in [-0.15, -0.1) is 0 Å². The fraction of sp³-hybridized carbons (Fsp3) is 0. The van der Waals surface area contributed by atoms with E-state index in [-0.39, 0.29) is 11.7 Å². The van der Waals surface area contributed by atoms with Gasteiger partial charge in [-0.05, 0) is 24.3 Å². The minimum Gasteiger partial charge on any atom is -0.437 e. The van der Waals surface area contributed by atoms with Crippen LogP contribution < -0.4 is 10.5 Å². The molecule has 0 fully saturated rings. The zero-order valence-electron chi connectivity index (χ0n) is 9.15. The number of aromatic nitrogens is 1. The summed E-state index contributed by atoms with van der Waals surface area (Å²) in [5, 5.41) is 8.11. The molecule has 0 bridgehead atoms. The number of amidine groups is 1. The molecule has 3 N–H and O–H groups in total. The monoisotopic (exact) mass is 281 g/mol. The predicted molar refractivity (Wildman–Crippen MR) is 71.8 cm³/mol. The predicted octanol–water partition coefficient (Wildman–Crippen LogP) is 3.46. The van der Waals surface area contributed by atoms with Crippen molar-refractivity contribution in [2.24, 2.45) is 5.73 Å². The van der Waals surface area contributed by atoms with E-state index in [1.54, 1.807) is 36.5 Å². The van der Waals surface area contributed by atoms with Gasteiger partial charge in [0.05, 0.1) is 10.6 Å². The zero-order valence-corrected chi connectivity index (χ0v) is 10.7. The third-order valence-corrected chi connectivity index (χ3v) is 2.99. The lowest BCUT2D eigenvalue weighted by molar-refractivity contribution is 0.462. The van der Waals surface area contributed by atoms with Crippen LogP contribution in [0, 0.1) is 5.41 Å². The molecule has 0 aliphatic carbocycles. The summed E-state index contributed by atoms with van der Waals surface area (Å²) in [4.78, 5) is 4.02. The van der Waals surface area contributed by atoms with Crippen LogP contribution in [0.2, 0.25) is 10.0 Å². The number of halogens is 2. The molecule has 0 unspecified atom stereocenters. The zero-order chi connectivity index (χ0) is 13.1. The van der Waals surface area contributed by atoms with E-state index in [9.17, 15) is 0 Å². The van der Waals surface area contributed by atoms with E-state index in [1.165, 1.54) is 0 Å². The van der Waals surface area contributed by atoms with Crippen molar-refractivity contribution < 1.29 is 4.74 Å². The quantitative estimate of drug-likeness (QED) is 0.668. The van der Waals surface area contributed by atoms with Gasteiger partial charge in [0, 0.05) is 6.20 Å². The number of nitrogen functional groups attached to an aromatic ring is 1. The Bertz CT molecular complexity index is 602. The highest BCUT2D eigenvalue weighted by molar-refractivity contribution is 6.42. The lowest BCUT2D eigenvalue weighted by Gasteiger charge is -2.10. The highest BCUT2D eigenvalue weighted by atomic mass is 35.5. The molecule has 0 saturated heterocycles. The fourth-order valence-corrected chi connectivity index (χ4v) is 1.67. The van der Waals surface area contributed by atoms with Crippen LogP contribution in [0.15, 0.2) is 36.5 Å². The summed E-state index contributed by atoms with van der Waals surface area (Å²) in [6, 6.07) is 8.33. The average molecular weight is 282 g/mol. The average Bonchev–Trinajstić information content (AvgIpc) is 2.35. The maximum atomic E-state index is 7.44. The second-order valence-electron chi connectivity index (χ2n) is 3.42. The topological polar surface area (TPSA) is 72.0 Å². The smallest absolute Gasteiger partial charge is 0.230 e. The van der Waals surface area contributed by atoms with Crippen molar-refractivity contribution in [1.29, 1.82) is 5.41 Å². The van der Waals surface area contributed by atoms with E-state index in [1.807, 2.05) is 0 Å². The molecule has 4 nitrogen and oxygen atoms in total. The summed E-state index contributed by atoms with van der Waals surface area (Å²) in [6.07, 6.45) is 1.54. The molecular formula is C12H9Cl2N3O. The highest BCUT2D eigenvalue weighted by Crippen LogP contribution is 2.34. The first kappa shape index (κ1) is 12.7. The van der Waals surface area contributed by atoms with E-state index in [0.717, 1.165) is 0 Å². The van der Waals surface area contributed by atoms with Crippen LogP contribution >= 0.6 is 23.2 Å². The van der Waals surface area contributed by atoms with Crippen molar-refractivity contribution in [2.75, 3.05) is 0 Å². The van der Waals surface area contributed by atoms with Crippen molar-refractivity contribution in [2.45, 2.75) is 0 Å². The van der Waals surface area contributed by atoms with Crippen LogP contribution in [-0.2, 0) is 0 Å². The van der Waals surface area contributed by atoms with Gasteiger partial charge in [-0.1, -0.05) is 29.3 Å². The summed E-state index contributed by atoms with van der Waals surface area (Å²) in [5.74, 6) is 0.454. The van der Waals surface area contributed by atoms with Crippen molar-refractivity contribution >= 4 is 29.0 Å². The van der Waals surface area contributed by atoms with Crippen LogP contribution in [0.4, 0.5) is 0 Å². The Balaban J connectivity index is 2.40. The van der Waals surface area contributed by atoms with Crippen LogP contribution in [0.1, 0.15) is 5.56 Å². The molecule has 0 spiro atoms. The van der Waals surface area contributed by atoms with Crippen molar-refractivity contribution in [3.63, 3.8) is 0 Å². The van der Waals surface area contributed by atoms with Gasteiger partial charge in [-0.25, -0.2) is 4.98 Å². The van der Waals surface area contributed by atoms with Gasteiger partial charge in [0.15, 0.2) is 0 Å². The minimum absolute atomic E-state index is 0.128. The molecule has 0 amide bonds. The second kappa shape index (κ2) is 5.25. The summed E-state index contributed by atoms with van der Waals surface area (Å²) in [6.45, 7) is 0. The van der Waals surface area contributed by atoms with Gasteiger partial charge < -0.3 is 10.5 Å². The highest BCUT2D eigenvalue weighted by Gasteiger charge is 2.11. The molecule has 92 valence electrons. The van der Waals surface area contributed by atoms with Crippen molar-refractivity contribution in [1.82, 2.24) is 4.98 Å². The van der Waals surface area contributed by atoms with Gasteiger partial charge in [0.25, 0.3) is 0 Å². The third kappa shape index (κ3) is 2.55. The number of ether oxygens (including phenoxy) is 1. The molecule has 1 aromatic heterocycles. The van der Waals surface area contributed by atoms with Gasteiger partial charge >= 0.3 is 0 Å². The molecule has 6 heteroatoms. The first-order valence-corrected chi connectivity index (χ1v) is 5.76. The van der Waals surface area contributed by atoms with Gasteiger partial charge in [0.1, 0.15) is 16.6 Å². The number of hydrogen-bond donors (Lipinski definition) is 2. The summed E-state index contributed by atoms with van der Waals surface area (Å²) >= 11 is 11.9. The first-order chi connectivity index (χ1) is 8.59. The second-order valence-corrected chi connectivity index (χ2v) is 4.21. The maximum Gasteiger partial charge on any atom is 0.230 e. The normalized spacial score (nSPS) is 10.1. The Kier molecular flexibility index (Phi) is 3.69. The molecule has 0 aliphatic rings. The molecule has 0 atom stereocenters. The lowest BCUT2D eigenvalue weighted by atomic mass is 10.2. The summed E-state index contributed by atoms with van der Waals surface area (Å²) in [7, 11) is 0. The minimum atomic E-state index is -0.128. The van der Waals surface area contributed by atoms with Crippen molar-refractivity contribution in [3.8, 4) is 11.6 Å². The number of nitrogens with zero attached hydrogens (tertiary/aromatic N) is 1. The van der Waals surface area contributed by atoms with E-state index >= 15 is 0 Å². The third-order valence-electron chi connectivity index (χ3n) is 2.18. The first-order valence-electron chi connectivity index (χ1n) is 5.01. The largest absolute Gasteiger partial charge is 0.437 e.